The van der Waals surface area contributed by atoms with Gasteiger partial charge in [0.1, 0.15) is 5.75 Å². The molecule has 0 spiro atoms. The lowest BCUT2D eigenvalue weighted by atomic mass is 10.0. The topological polar surface area (TPSA) is 50.4 Å². The largest absolute Gasteiger partial charge is 0.497 e. The Morgan fingerprint density at radius 1 is 1.14 bits per heavy atom. The molecule has 2 N–H and O–H groups in total. The molecule has 0 radical (unpaired) electrons. The fourth-order valence-corrected chi connectivity index (χ4v) is 2.56. The van der Waals surface area contributed by atoms with Crippen LogP contribution in [0.15, 0.2) is 48.5 Å². The van der Waals surface area contributed by atoms with E-state index in [1.54, 1.807) is 13.2 Å². The van der Waals surface area contributed by atoms with Gasteiger partial charge in [-0.15, -0.1) is 0 Å². The lowest BCUT2D eigenvalue weighted by molar-refractivity contribution is 0.247. The molecule has 0 saturated heterocycles. The summed E-state index contributed by atoms with van der Waals surface area (Å²) in [5.74, 6) is 0.720. The average Bonchev–Trinajstić information content (AvgIpc) is 3.28. The Balaban J connectivity index is 1.67. The molecular weight excluding hydrogens is 276 g/mol. The number of aryl methyl sites for hydroxylation is 1. The maximum Gasteiger partial charge on any atom is 0.319 e. The zero-order chi connectivity index (χ0) is 15.6. The first-order chi connectivity index (χ1) is 10.6. The summed E-state index contributed by atoms with van der Waals surface area (Å²) < 4.78 is 5.16. The SMILES string of the molecule is COc1cccc(NC(=O)NC2(c3ccc(C)cc3)CC2)c1. The number of anilines is 1. The first kappa shape index (κ1) is 14.4. The molecule has 4 heteroatoms. The Kier molecular flexibility index (Phi) is 3.75. The fraction of sp³-hybridized carbons (Fsp3) is 0.278. The van der Waals surface area contributed by atoms with E-state index < -0.39 is 0 Å². The van der Waals surface area contributed by atoms with Gasteiger partial charge in [-0.25, -0.2) is 4.79 Å². The Morgan fingerprint density at radius 3 is 2.50 bits per heavy atom. The molecule has 2 amide bonds. The first-order valence-corrected chi connectivity index (χ1v) is 7.42. The normalized spacial score (nSPS) is 15.0. The highest BCUT2D eigenvalue weighted by molar-refractivity contribution is 5.90. The predicted octanol–water partition coefficient (Wildman–Crippen LogP) is 3.81. The smallest absolute Gasteiger partial charge is 0.319 e. The van der Waals surface area contributed by atoms with Crippen LogP contribution < -0.4 is 15.4 Å². The highest BCUT2D eigenvalue weighted by Gasteiger charge is 2.45. The summed E-state index contributed by atoms with van der Waals surface area (Å²) in [5.41, 5.74) is 2.90. The van der Waals surface area contributed by atoms with Crippen molar-refractivity contribution in [2.24, 2.45) is 0 Å². The molecule has 0 bridgehead atoms. The lowest BCUT2D eigenvalue weighted by Crippen LogP contribution is -2.38. The molecule has 3 rings (SSSR count). The van der Waals surface area contributed by atoms with Crippen molar-refractivity contribution < 1.29 is 9.53 Å². The third-order valence-electron chi connectivity index (χ3n) is 4.03. The van der Waals surface area contributed by atoms with Crippen molar-refractivity contribution in [2.45, 2.75) is 25.3 Å². The van der Waals surface area contributed by atoms with E-state index in [0.29, 0.717) is 0 Å². The Bertz CT molecular complexity index is 676. The second-order valence-electron chi connectivity index (χ2n) is 5.76. The third-order valence-corrected chi connectivity index (χ3v) is 4.03. The van der Waals surface area contributed by atoms with Crippen LogP contribution in [-0.2, 0) is 5.54 Å². The zero-order valence-electron chi connectivity index (χ0n) is 12.8. The van der Waals surface area contributed by atoms with Gasteiger partial charge in [-0.1, -0.05) is 35.9 Å². The summed E-state index contributed by atoms with van der Waals surface area (Å²) in [6.07, 6.45) is 1.95. The molecule has 0 aromatic heterocycles. The summed E-state index contributed by atoms with van der Waals surface area (Å²) in [6, 6.07) is 15.5. The number of rotatable bonds is 4. The van der Waals surface area contributed by atoms with Crippen molar-refractivity contribution in [2.75, 3.05) is 12.4 Å². The van der Waals surface area contributed by atoms with Crippen molar-refractivity contribution in [3.05, 3.63) is 59.7 Å². The first-order valence-electron chi connectivity index (χ1n) is 7.42. The van der Waals surface area contributed by atoms with Gasteiger partial charge in [0.05, 0.1) is 12.6 Å². The van der Waals surface area contributed by atoms with Gasteiger partial charge in [-0.05, 0) is 37.5 Å². The molecule has 1 aliphatic rings. The fourth-order valence-electron chi connectivity index (χ4n) is 2.56. The minimum Gasteiger partial charge on any atom is -0.497 e. The molecule has 0 atom stereocenters. The van der Waals surface area contributed by atoms with E-state index in [1.807, 2.05) is 18.2 Å². The van der Waals surface area contributed by atoms with Crippen LogP contribution in [0.2, 0.25) is 0 Å². The predicted molar refractivity (Wildman–Crippen MR) is 87.2 cm³/mol. The van der Waals surface area contributed by atoms with Crippen molar-refractivity contribution in [3.63, 3.8) is 0 Å². The van der Waals surface area contributed by atoms with E-state index in [4.69, 9.17) is 4.74 Å². The van der Waals surface area contributed by atoms with E-state index in [0.717, 1.165) is 24.3 Å². The number of benzene rings is 2. The Labute approximate surface area is 130 Å². The van der Waals surface area contributed by atoms with Gasteiger partial charge in [-0.2, -0.15) is 0 Å². The van der Waals surface area contributed by atoms with Gasteiger partial charge in [0.15, 0.2) is 0 Å². The van der Waals surface area contributed by atoms with Crippen LogP contribution in [0.4, 0.5) is 10.5 Å². The molecular formula is C18H20N2O2. The third kappa shape index (κ3) is 3.06. The number of nitrogens with one attached hydrogen (secondary N) is 2. The minimum atomic E-state index is -0.212. The van der Waals surface area contributed by atoms with E-state index in [1.165, 1.54) is 11.1 Å². The summed E-state index contributed by atoms with van der Waals surface area (Å²) in [5, 5.41) is 5.96. The summed E-state index contributed by atoms with van der Waals surface area (Å²) in [6.45, 7) is 2.06. The quantitative estimate of drug-likeness (QED) is 0.901. The number of hydrogen-bond donors (Lipinski definition) is 2. The number of urea groups is 1. The highest BCUT2D eigenvalue weighted by Crippen LogP contribution is 2.45. The van der Waals surface area contributed by atoms with Crippen molar-refractivity contribution in [1.29, 1.82) is 0 Å². The van der Waals surface area contributed by atoms with Gasteiger partial charge in [0.2, 0.25) is 0 Å². The van der Waals surface area contributed by atoms with Crippen molar-refractivity contribution >= 4 is 11.7 Å². The van der Waals surface area contributed by atoms with Crippen LogP contribution in [0.3, 0.4) is 0 Å². The van der Waals surface area contributed by atoms with Crippen LogP contribution in [-0.4, -0.2) is 13.1 Å². The van der Waals surface area contributed by atoms with Gasteiger partial charge in [0, 0.05) is 11.8 Å². The standard InChI is InChI=1S/C18H20N2O2/c1-13-6-8-14(9-7-13)18(10-11-18)20-17(21)19-15-4-3-5-16(12-15)22-2/h3-9,12H,10-11H2,1-2H3,(H2,19,20,21). The van der Waals surface area contributed by atoms with E-state index in [2.05, 4.69) is 41.8 Å². The van der Waals surface area contributed by atoms with Crippen molar-refractivity contribution in [3.8, 4) is 5.75 Å². The molecule has 0 heterocycles. The molecule has 4 nitrogen and oxygen atoms in total. The monoisotopic (exact) mass is 296 g/mol. The second-order valence-corrected chi connectivity index (χ2v) is 5.76. The van der Waals surface area contributed by atoms with Gasteiger partial charge < -0.3 is 15.4 Å². The molecule has 1 aliphatic carbocycles. The highest BCUT2D eigenvalue weighted by atomic mass is 16.5. The van der Waals surface area contributed by atoms with Crippen LogP contribution in [0.5, 0.6) is 5.75 Å². The molecule has 0 aliphatic heterocycles. The number of carbonyl (C=O) groups excluding carboxylic acids is 1. The molecule has 22 heavy (non-hydrogen) atoms. The Morgan fingerprint density at radius 2 is 1.86 bits per heavy atom. The molecule has 2 aromatic rings. The van der Waals surface area contributed by atoms with Crippen LogP contribution in [0.1, 0.15) is 24.0 Å². The van der Waals surface area contributed by atoms with Crippen LogP contribution in [0, 0.1) is 6.92 Å². The Hall–Kier alpha value is -2.49. The van der Waals surface area contributed by atoms with E-state index in [-0.39, 0.29) is 11.6 Å². The lowest BCUT2D eigenvalue weighted by Gasteiger charge is -2.19. The van der Waals surface area contributed by atoms with Crippen LogP contribution >= 0.6 is 0 Å². The number of amides is 2. The van der Waals surface area contributed by atoms with E-state index in [9.17, 15) is 4.79 Å². The van der Waals surface area contributed by atoms with Crippen LogP contribution in [0.25, 0.3) is 0 Å². The number of carbonyl (C=O) groups is 1. The van der Waals surface area contributed by atoms with Gasteiger partial charge in [-0.3, -0.25) is 0 Å². The minimum absolute atomic E-state index is 0.189. The summed E-state index contributed by atoms with van der Waals surface area (Å²) >= 11 is 0. The molecule has 114 valence electrons. The maximum absolute atomic E-state index is 12.2. The molecule has 2 aromatic carbocycles. The zero-order valence-corrected chi connectivity index (χ0v) is 12.8. The van der Waals surface area contributed by atoms with Gasteiger partial charge in [0.25, 0.3) is 0 Å². The maximum atomic E-state index is 12.2. The second kappa shape index (κ2) is 5.72. The molecule has 1 fully saturated rings. The van der Waals surface area contributed by atoms with Crippen molar-refractivity contribution in [1.82, 2.24) is 5.32 Å². The number of ether oxygens (including phenoxy) is 1. The number of methoxy groups -OCH3 is 1. The summed E-state index contributed by atoms with van der Waals surface area (Å²) in [4.78, 5) is 12.2. The molecule has 0 unspecified atom stereocenters. The summed E-state index contributed by atoms with van der Waals surface area (Å²) in [7, 11) is 1.61. The average molecular weight is 296 g/mol. The van der Waals surface area contributed by atoms with E-state index >= 15 is 0 Å². The van der Waals surface area contributed by atoms with Gasteiger partial charge >= 0.3 is 6.03 Å². The number of hydrogen-bond acceptors (Lipinski definition) is 2. The molecule has 1 saturated carbocycles.